The first-order valence-corrected chi connectivity index (χ1v) is 11.9. The summed E-state index contributed by atoms with van der Waals surface area (Å²) >= 11 is 0. The second kappa shape index (κ2) is 11.9. The third kappa shape index (κ3) is 5.98. The lowest BCUT2D eigenvalue weighted by atomic mass is 10.2. The van der Waals surface area contributed by atoms with E-state index in [1.54, 1.807) is 12.1 Å². The lowest BCUT2D eigenvalue weighted by molar-refractivity contribution is 0.0925. The Labute approximate surface area is 199 Å². The van der Waals surface area contributed by atoms with Crippen molar-refractivity contribution in [2.75, 3.05) is 19.8 Å². The van der Waals surface area contributed by atoms with E-state index in [1.807, 2.05) is 49.4 Å². The first kappa shape index (κ1) is 23.4. The van der Waals surface area contributed by atoms with Gasteiger partial charge in [-0.05, 0) is 56.2 Å². The third-order valence-electron chi connectivity index (χ3n) is 5.56. The van der Waals surface area contributed by atoms with Crippen LogP contribution >= 0.6 is 0 Å². The standard InChI is InChI=1S/C27H31N3O4/c1-2-32-23-13-7-8-14-24(23)34-20-18-30-22-12-6-5-11-21(22)29-26(30)16-4-3-9-17-28-27(31)25-15-10-19-33-25/h5-8,10-15,19H,2-4,9,16-18,20H2,1H3,(H,28,31). The van der Waals surface area contributed by atoms with Gasteiger partial charge in [-0.1, -0.05) is 30.7 Å². The van der Waals surface area contributed by atoms with Gasteiger partial charge in [0.25, 0.3) is 5.91 Å². The van der Waals surface area contributed by atoms with Gasteiger partial charge in [0.05, 0.1) is 30.4 Å². The van der Waals surface area contributed by atoms with Gasteiger partial charge in [0.2, 0.25) is 0 Å². The van der Waals surface area contributed by atoms with Crippen molar-refractivity contribution < 1.29 is 18.7 Å². The molecule has 0 aliphatic heterocycles. The van der Waals surface area contributed by atoms with E-state index in [9.17, 15) is 4.79 Å². The van der Waals surface area contributed by atoms with Crippen molar-refractivity contribution in [3.8, 4) is 11.5 Å². The monoisotopic (exact) mass is 461 g/mol. The summed E-state index contributed by atoms with van der Waals surface area (Å²) in [5.74, 6) is 2.76. The number of furan rings is 1. The molecule has 0 aliphatic rings. The number of hydrogen-bond acceptors (Lipinski definition) is 5. The molecule has 0 saturated carbocycles. The molecule has 7 heteroatoms. The molecule has 0 fully saturated rings. The minimum Gasteiger partial charge on any atom is -0.490 e. The van der Waals surface area contributed by atoms with Gasteiger partial charge in [-0.15, -0.1) is 0 Å². The number of aromatic nitrogens is 2. The maximum atomic E-state index is 11.9. The third-order valence-corrected chi connectivity index (χ3v) is 5.56. The molecule has 4 rings (SSSR count). The van der Waals surface area contributed by atoms with E-state index in [1.165, 1.54) is 6.26 Å². The molecule has 0 spiro atoms. The fourth-order valence-electron chi connectivity index (χ4n) is 3.94. The first-order valence-electron chi connectivity index (χ1n) is 11.9. The van der Waals surface area contributed by atoms with Gasteiger partial charge in [-0.3, -0.25) is 4.79 Å². The second-order valence-electron chi connectivity index (χ2n) is 7.94. The number of nitrogens with one attached hydrogen (secondary N) is 1. The van der Waals surface area contributed by atoms with Crippen molar-refractivity contribution in [2.45, 2.75) is 39.2 Å². The average molecular weight is 462 g/mol. The molecule has 1 amide bonds. The van der Waals surface area contributed by atoms with Crippen LogP contribution in [-0.4, -0.2) is 35.2 Å². The zero-order valence-electron chi connectivity index (χ0n) is 19.5. The fourth-order valence-corrected chi connectivity index (χ4v) is 3.94. The van der Waals surface area contributed by atoms with Crippen LogP contribution in [0.25, 0.3) is 11.0 Å². The van der Waals surface area contributed by atoms with E-state index in [0.717, 1.165) is 54.0 Å². The molecule has 178 valence electrons. The topological polar surface area (TPSA) is 78.5 Å². The summed E-state index contributed by atoms with van der Waals surface area (Å²) in [6, 6.07) is 19.3. The van der Waals surface area contributed by atoms with Gasteiger partial charge in [0, 0.05) is 13.0 Å². The maximum Gasteiger partial charge on any atom is 0.286 e. The maximum absolute atomic E-state index is 11.9. The Morgan fingerprint density at radius 1 is 0.971 bits per heavy atom. The van der Waals surface area contributed by atoms with E-state index >= 15 is 0 Å². The van der Waals surface area contributed by atoms with Crippen molar-refractivity contribution in [2.24, 2.45) is 0 Å². The van der Waals surface area contributed by atoms with E-state index in [2.05, 4.69) is 16.0 Å². The highest BCUT2D eigenvalue weighted by Gasteiger charge is 2.12. The highest BCUT2D eigenvalue weighted by molar-refractivity contribution is 5.91. The molecular weight excluding hydrogens is 430 g/mol. The van der Waals surface area contributed by atoms with Gasteiger partial charge < -0.3 is 23.8 Å². The number of benzene rings is 2. The molecule has 2 aromatic carbocycles. The Hall–Kier alpha value is -3.74. The summed E-state index contributed by atoms with van der Waals surface area (Å²) in [4.78, 5) is 16.8. The van der Waals surface area contributed by atoms with Crippen LogP contribution in [0.15, 0.2) is 71.3 Å². The number of hydrogen-bond donors (Lipinski definition) is 1. The summed E-state index contributed by atoms with van der Waals surface area (Å²) in [6.07, 6.45) is 5.28. The van der Waals surface area contributed by atoms with Crippen molar-refractivity contribution in [3.63, 3.8) is 0 Å². The average Bonchev–Trinajstić information content (AvgIpc) is 3.51. The molecule has 4 aromatic rings. The Kier molecular flexibility index (Phi) is 8.22. The van der Waals surface area contributed by atoms with Crippen LogP contribution in [0.1, 0.15) is 42.6 Å². The van der Waals surface area contributed by atoms with Crippen molar-refractivity contribution in [1.82, 2.24) is 14.9 Å². The number of nitrogens with zero attached hydrogens (tertiary/aromatic N) is 2. The SMILES string of the molecule is CCOc1ccccc1OCCn1c(CCCCCNC(=O)c2ccco2)nc2ccccc21. The Bertz CT molecular complexity index is 1180. The van der Waals surface area contributed by atoms with Crippen LogP contribution in [0, 0.1) is 0 Å². The minimum absolute atomic E-state index is 0.169. The minimum atomic E-state index is -0.169. The van der Waals surface area contributed by atoms with Crippen LogP contribution in [-0.2, 0) is 13.0 Å². The molecule has 7 nitrogen and oxygen atoms in total. The van der Waals surface area contributed by atoms with Crippen molar-refractivity contribution >= 4 is 16.9 Å². The molecule has 2 aromatic heterocycles. The van der Waals surface area contributed by atoms with Crippen LogP contribution in [0.2, 0.25) is 0 Å². The largest absolute Gasteiger partial charge is 0.490 e. The van der Waals surface area contributed by atoms with Gasteiger partial charge in [-0.25, -0.2) is 4.98 Å². The number of ether oxygens (including phenoxy) is 2. The molecular formula is C27H31N3O4. The number of amides is 1. The Morgan fingerprint density at radius 2 is 1.76 bits per heavy atom. The fraction of sp³-hybridized carbons (Fsp3) is 0.333. The Balaban J connectivity index is 1.30. The van der Waals surface area contributed by atoms with Crippen LogP contribution < -0.4 is 14.8 Å². The summed E-state index contributed by atoms with van der Waals surface area (Å²) in [6.45, 7) is 4.42. The number of carbonyl (C=O) groups is 1. The zero-order valence-corrected chi connectivity index (χ0v) is 19.5. The zero-order chi connectivity index (χ0) is 23.6. The second-order valence-corrected chi connectivity index (χ2v) is 7.94. The van der Waals surface area contributed by atoms with E-state index in [4.69, 9.17) is 18.9 Å². The Morgan fingerprint density at radius 3 is 2.56 bits per heavy atom. The lowest BCUT2D eigenvalue weighted by Crippen LogP contribution is -2.23. The first-order chi connectivity index (χ1) is 16.8. The number of para-hydroxylation sites is 4. The molecule has 2 heterocycles. The van der Waals surface area contributed by atoms with Crippen LogP contribution in [0.5, 0.6) is 11.5 Å². The van der Waals surface area contributed by atoms with Crippen molar-refractivity contribution in [3.05, 3.63) is 78.5 Å². The predicted molar refractivity (Wildman–Crippen MR) is 131 cm³/mol. The van der Waals surface area contributed by atoms with Gasteiger partial charge in [-0.2, -0.15) is 0 Å². The normalized spacial score (nSPS) is 11.0. The molecule has 0 bridgehead atoms. The van der Waals surface area contributed by atoms with Crippen LogP contribution in [0.3, 0.4) is 0 Å². The van der Waals surface area contributed by atoms with Crippen LogP contribution in [0.4, 0.5) is 0 Å². The summed E-state index contributed by atoms with van der Waals surface area (Å²) in [5, 5.41) is 2.89. The molecule has 0 unspecified atom stereocenters. The van der Waals surface area contributed by atoms with E-state index < -0.39 is 0 Å². The molecule has 0 atom stereocenters. The van der Waals surface area contributed by atoms with E-state index in [0.29, 0.717) is 32.1 Å². The summed E-state index contributed by atoms with van der Waals surface area (Å²) in [5.41, 5.74) is 2.11. The quantitative estimate of drug-likeness (QED) is 0.275. The lowest BCUT2D eigenvalue weighted by Gasteiger charge is -2.13. The summed E-state index contributed by atoms with van der Waals surface area (Å²) in [7, 11) is 0. The van der Waals surface area contributed by atoms with E-state index in [-0.39, 0.29) is 5.91 Å². The highest BCUT2D eigenvalue weighted by Crippen LogP contribution is 2.26. The predicted octanol–water partition coefficient (Wildman–Crippen LogP) is 5.25. The smallest absolute Gasteiger partial charge is 0.286 e. The number of unbranched alkanes of at least 4 members (excludes halogenated alkanes) is 2. The number of imidazole rings is 1. The molecule has 0 aliphatic carbocycles. The molecule has 0 radical (unpaired) electrons. The molecule has 34 heavy (non-hydrogen) atoms. The number of aryl methyl sites for hydroxylation is 1. The van der Waals surface area contributed by atoms with Gasteiger partial charge in [0.1, 0.15) is 12.4 Å². The number of rotatable bonds is 13. The van der Waals surface area contributed by atoms with Gasteiger partial charge in [0.15, 0.2) is 17.3 Å². The molecule has 0 saturated heterocycles. The highest BCUT2D eigenvalue weighted by atomic mass is 16.5. The van der Waals surface area contributed by atoms with Crippen molar-refractivity contribution in [1.29, 1.82) is 0 Å². The summed E-state index contributed by atoms with van der Waals surface area (Å²) < 4.78 is 19.1. The number of carbonyl (C=O) groups excluding carboxylic acids is 1. The molecule has 1 N–H and O–H groups in total. The number of fused-ring (bicyclic) bond motifs is 1. The van der Waals surface area contributed by atoms with Gasteiger partial charge >= 0.3 is 0 Å².